The monoisotopic (exact) mass is 370 g/mol. The van der Waals surface area contributed by atoms with Gasteiger partial charge in [-0.25, -0.2) is 9.50 Å². The molecule has 3 aromatic heterocycles. The highest BCUT2D eigenvalue weighted by Crippen LogP contribution is 2.39. The predicted octanol–water partition coefficient (Wildman–Crippen LogP) is 4.30. The molecule has 0 spiro atoms. The molecule has 4 aromatic rings. The van der Waals surface area contributed by atoms with Gasteiger partial charge in [-0.3, -0.25) is 0 Å². The van der Waals surface area contributed by atoms with Gasteiger partial charge in [0.1, 0.15) is 17.5 Å². The molecular weight excluding hydrogens is 348 g/mol. The number of hydrogen-bond acceptors (Lipinski definition) is 4. The number of benzene rings is 1. The van der Waals surface area contributed by atoms with Crippen molar-refractivity contribution in [2.45, 2.75) is 44.9 Å². The maximum atomic E-state index is 9.05. The Hall–Kier alpha value is -3.20. The predicted molar refractivity (Wildman–Crippen MR) is 107 cm³/mol. The first-order valence-corrected chi connectivity index (χ1v) is 9.89. The van der Waals surface area contributed by atoms with Crippen molar-refractivity contribution in [1.29, 1.82) is 5.26 Å². The van der Waals surface area contributed by atoms with E-state index in [-0.39, 0.29) is 0 Å². The third-order valence-electron chi connectivity index (χ3n) is 6.21. The number of aryl methyl sites for hydroxylation is 1. The molecule has 0 aliphatic heterocycles. The van der Waals surface area contributed by atoms with Crippen LogP contribution < -0.4 is 0 Å². The van der Waals surface area contributed by atoms with Crippen molar-refractivity contribution in [2.75, 3.05) is 0 Å². The molecule has 5 rings (SSSR count). The van der Waals surface area contributed by atoms with Gasteiger partial charge in [0, 0.05) is 17.5 Å². The summed E-state index contributed by atoms with van der Waals surface area (Å²) in [5.41, 5.74) is 6.44. The van der Waals surface area contributed by atoms with Gasteiger partial charge in [-0.15, -0.1) is 5.10 Å². The SMILES string of the molecule is Cc1cc(C#N)ccc1CC1CCC(c2nnn3cnc4[nH]ccc4c23)CC1. The first-order valence-electron chi connectivity index (χ1n) is 9.89. The summed E-state index contributed by atoms with van der Waals surface area (Å²) >= 11 is 0. The summed E-state index contributed by atoms with van der Waals surface area (Å²) < 4.78 is 1.80. The standard InChI is InChI=1S/C22H22N6/c1-14-10-16(12-23)4-7-18(14)11-15-2-5-17(6-3-15)20-21-19-8-9-24-22(19)25-13-28(21)27-26-20/h4,7-10,13,15,17,24H,2-3,5-6,11H2,1H3. The highest BCUT2D eigenvalue weighted by Gasteiger charge is 2.27. The Labute approximate surface area is 163 Å². The molecule has 1 fully saturated rings. The van der Waals surface area contributed by atoms with E-state index in [9.17, 15) is 0 Å². The van der Waals surface area contributed by atoms with Crippen molar-refractivity contribution in [3.63, 3.8) is 0 Å². The average molecular weight is 370 g/mol. The van der Waals surface area contributed by atoms with E-state index in [1.54, 1.807) is 10.8 Å². The molecular formula is C22H22N6. The molecule has 1 aromatic carbocycles. The minimum atomic E-state index is 0.455. The van der Waals surface area contributed by atoms with Gasteiger partial charge in [0.15, 0.2) is 0 Å². The second-order valence-electron chi connectivity index (χ2n) is 7.93. The zero-order valence-corrected chi connectivity index (χ0v) is 15.9. The fraction of sp³-hybridized carbons (Fsp3) is 0.364. The number of hydrogen-bond donors (Lipinski definition) is 1. The number of rotatable bonds is 3. The molecule has 140 valence electrons. The molecule has 1 aliphatic carbocycles. The summed E-state index contributed by atoms with van der Waals surface area (Å²) in [5, 5.41) is 19.0. The Balaban J connectivity index is 1.33. The summed E-state index contributed by atoms with van der Waals surface area (Å²) in [6, 6.07) is 10.3. The van der Waals surface area contributed by atoms with Crippen molar-refractivity contribution in [1.82, 2.24) is 24.8 Å². The van der Waals surface area contributed by atoms with Crippen molar-refractivity contribution in [3.8, 4) is 6.07 Å². The first kappa shape index (κ1) is 16.9. The Morgan fingerprint density at radius 2 is 2.07 bits per heavy atom. The van der Waals surface area contributed by atoms with Crippen LogP contribution in [0.1, 0.15) is 54.0 Å². The van der Waals surface area contributed by atoms with Gasteiger partial charge in [0.05, 0.1) is 17.3 Å². The summed E-state index contributed by atoms with van der Waals surface area (Å²) in [7, 11) is 0. The van der Waals surface area contributed by atoms with E-state index in [4.69, 9.17) is 5.26 Å². The van der Waals surface area contributed by atoms with Crippen molar-refractivity contribution in [3.05, 3.63) is 59.2 Å². The van der Waals surface area contributed by atoms with Crippen LogP contribution in [-0.2, 0) is 6.42 Å². The highest BCUT2D eigenvalue weighted by molar-refractivity contribution is 5.92. The second kappa shape index (κ2) is 6.75. The number of aromatic amines is 1. The van der Waals surface area contributed by atoms with Crippen LogP contribution in [0.25, 0.3) is 16.6 Å². The summed E-state index contributed by atoms with van der Waals surface area (Å²) in [6.07, 6.45) is 9.44. The van der Waals surface area contributed by atoms with Gasteiger partial charge >= 0.3 is 0 Å². The molecule has 0 saturated heterocycles. The molecule has 1 aliphatic rings. The zero-order chi connectivity index (χ0) is 19.1. The lowest BCUT2D eigenvalue weighted by molar-refractivity contribution is 0.322. The molecule has 0 atom stereocenters. The smallest absolute Gasteiger partial charge is 0.141 e. The Morgan fingerprint density at radius 3 is 2.86 bits per heavy atom. The van der Waals surface area contributed by atoms with Crippen LogP contribution in [0.4, 0.5) is 0 Å². The van der Waals surface area contributed by atoms with Crippen LogP contribution in [0.15, 0.2) is 36.8 Å². The Morgan fingerprint density at radius 1 is 1.21 bits per heavy atom. The number of nitrogens with one attached hydrogen (secondary N) is 1. The van der Waals surface area contributed by atoms with Gasteiger partial charge in [-0.05, 0) is 74.3 Å². The molecule has 0 bridgehead atoms. The summed E-state index contributed by atoms with van der Waals surface area (Å²) in [6.45, 7) is 2.11. The summed E-state index contributed by atoms with van der Waals surface area (Å²) in [5.74, 6) is 1.15. The number of nitriles is 1. The lowest BCUT2D eigenvalue weighted by Crippen LogP contribution is -2.16. The molecule has 0 radical (unpaired) electrons. The molecule has 1 saturated carbocycles. The maximum absolute atomic E-state index is 9.05. The largest absolute Gasteiger partial charge is 0.346 e. The van der Waals surface area contributed by atoms with Crippen molar-refractivity contribution < 1.29 is 0 Å². The first-order chi connectivity index (χ1) is 13.7. The number of aromatic nitrogens is 5. The molecule has 6 heteroatoms. The minimum Gasteiger partial charge on any atom is -0.346 e. The topological polar surface area (TPSA) is 82.7 Å². The van der Waals surface area contributed by atoms with Gasteiger partial charge in [-0.1, -0.05) is 11.3 Å². The molecule has 6 nitrogen and oxygen atoms in total. The van der Waals surface area contributed by atoms with Gasteiger partial charge in [0.25, 0.3) is 0 Å². The minimum absolute atomic E-state index is 0.455. The van der Waals surface area contributed by atoms with Gasteiger partial charge in [0.2, 0.25) is 0 Å². The van der Waals surface area contributed by atoms with Crippen LogP contribution in [0.5, 0.6) is 0 Å². The van der Waals surface area contributed by atoms with E-state index < -0.39 is 0 Å². The number of H-pyrrole nitrogens is 1. The zero-order valence-electron chi connectivity index (χ0n) is 15.9. The second-order valence-corrected chi connectivity index (χ2v) is 7.93. The highest BCUT2D eigenvalue weighted by atomic mass is 15.4. The van der Waals surface area contributed by atoms with Crippen LogP contribution >= 0.6 is 0 Å². The fourth-order valence-corrected chi connectivity index (χ4v) is 4.64. The molecule has 1 N–H and O–H groups in total. The number of nitrogens with zero attached hydrogens (tertiary/aromatic N) is 5. The van der Waals surface area contributed by atoms with Crippen LogP contribution in [-0.4, -0.2) is 24.8 Å². The van der Waals surface area contributed by atoms with E-state index in [2.05, 4.69) is 45.4 Å². The van der Waals surface area contributed by atoms with Crippen LogP contribution in [0.2, 0.25) is 0 Å². The van der Waals surface area contributed by atoms with E-state index >= 15 is 0 Å². The van der Waals surface area contributed by atoms with Crippen molar-refractivity contribution in [2.24, 2.45) is 5.92 Å². The van der Waals surface area contributed by atoms with E-state index in [0.717, 1.165) is 47.1 Å². The molecule has 3 heterocycles. The molecule has 0 amide bonds. The quantitative estimate of drug-likeness (QED) is 0.583. The van der Waals surface area contributed by atoms with Gasteiger partial charge in [-0.2, -0.15) is 5.26 Å². The van der Waals surface area contributed by atoms with Gasteiger partial charge < -0.3 is 4.98 Å². The lowest BCUT2D eigenvalue weighted by atomic mass is 9.77. The fourth-order valence-electron chi connectivity index (χ4n) is 4.64. The third kappa shape index (κ3) is 2.84. The van der Waals surface area contributed by atoms with Crippen molar-refractivity contribution >= 4 is 16.6 Å². The normalized spacial score (nSPS) is 19.9. The average Bonchev–Trinajstić information content (AvgIpc) is 3.36. The maximum Gasteiger partial charge on any atom is 0.141 e. The van der Waals surface area contributed by atoms with E-state index in [1.165, 1.54) is 24.0 Å². The lowest BCUT2D eigenvalue weighted by Gasteiger charge is -2.28. The van der Waals surface area contributed by atoms with E-state index in [1.807, 2.05) is 18.3 Å². The number of fused-ring (bicyclic) bond motifs is 3. The van der Waals surface area contributed by atoms with E-state index in [0.29, 0.717) is 11.8 Å². The summed E-state index contributed by atoms with van der Waals surface area (Å²) in [4.78, 5) is 7.57. The van der Waals surface area contributed by atoms with Crippen LogP contribution in [0, 0.1) is 24.2 Å². The molecule has 0 unspecified atom stereocenters. The third-order valence-corrected chi connectivity index (χ3v) is 6.21. The Bertz CT molecular complexity index is 1190. The molecule has 28 heavy (non-hydrogen) atoms. The Kier molecular flexibility index (Phi) is 4.09. The van der Waals surface area contributed by atoms with Crippen LogP contribution in [0.3, 0.4) is 0 Å².